The first-order valence-electron chi connectivity index (χ1n) is 19.9. The van der Waals surface area contributed by atoms with E-state index in [4.69, 9.17) is 0 Å². The molecule has 1 aliphatic heterocycles. The molecule has 0 aliphatic carbocycles. The second kappa shape index (κ2) is 19.1. The van der Waals surface area contributed by atoms with E-state index in [2.05, 4.69) is 15.6 Å². The monoisotopic (exact) mass is 778 g/mol. The molecule has 1 fully saturated rings. The van der Waals surface area contributed by atoms with E-state index in [0.717, 1.165) is 32.5 Å². The third kappa shape index (κ3) is 10.9. The van der Waals surface area contributed by atoms with Crippen molar-refractivity contribution in [3.05, 3.63) is 114 Å². The summed E-state index contributed by atoms with van der Waals surface area (Å²) in [6, 6.07) is 25.5. The predicted octanol–water partition coefficient (Wildman–Crippen LogP) is 6.12. The second-order valence-electron chi connectivity index (χ2n) is 16.4. The van der Waals surface area contributed by atoms with Crippen LogP contribution in [0.4, 0.5) is 9.59 Å². The molecule has 3 aromatic carbocycles. The molecular weight excluding hydrogens is 721 g/mol. The van der Waals surface area contributed by atoms with E-state index in [1.54, 1.807) is 36.8 Å². The van der Waals surface area contributed by atoms with E-state index >= 15 is 0 Å². The Morgan fingerprint density at radius 1 is 0.860 bits per heavy atom. The molecule has 0 saturated carbocycles. The predicted molar refractivity (Wildman–Crippen MR) is 221 cm³/mol. The van der Waals surface area contributed by atoms with Gasteiger partial charge in [0, 0.05) is 44.3 Å². The van der Waals surface area contributed by atoms with Crippen LogP contribution >= 0.6 is 0 Å². The first kappa shape index (κ1) is 42.6. The number of para-hydroxylation sites is 1. The van der Waals surface area contributed by atoms with E-state index in [-0.39, 0.29) is 30.7 Å². The number of nitrogens with zero attached hydrogens (tertiary/aromatic N) is 4. The van der Waals surface area contributed by atoms with Crippen LogP contribution in [0.3, 0.4) is 0 Å². The standard InChI is InChI=1S/C45H58N6O6/c1-7-30(2)39(51-25-24-50(43(51)55)29-33-22-23-46-36-21-15-14-20-35(33)36)41(53)47-34(26-31-16-10-8-11-17-31)28-38(52)37(27-32-18-12-9-13-19-32)48-42(54)40(45(3,4)5)49(6)44(56)57/h8-23,30,34,37-40,52H,7,24-29H2,1-6H3,(H,47,53)(H,48,54)(H,56,57)/t30?,34-,37-,38+,39-,40+/m0/s1. The maximum Gasteiger partial charge on any atom is 0.407 e. The van der Waals surface area contributed by atoms with Gasteiger partial charge in [-0.1, -0.05) is 120 Å². The van der Waals surface area contributed by atoms with Crippen molar-refractivity contribution >= 4 is 34.8 Å². The van der Waals surface area contributed by atoms with Crippen molar-refractivity contribution in [2.45, 2.75) is 97.1 Å². The number of likely N-dealkylation sites (N-methyl/N-ethyl adjacent to an activating group) is 1. The number of hydrogen-bond donors (Lipinski definition) is 4. The summed E-state index contributed by atoms with van der Waals surface area (Å²) in [7, 11) is 1.37. The fourth-order valence-corrected chi connectivity index (χ4v) is 7.94. The van der Waals surface area contributed by atoms with Crippen LogP contribution in [-0.4, -0.2) is 104 Å². The van der Waals surface area contributed by atoms with E-state index in [9.17, 15) is 29.4 Å². The number of aliphatic hydroxyl groups is 1. The Hall–Kier alpha value is -5.49. The topological polar surface area (TPSA) is 155 Å². The van der Waals surface area contributed by atoms with Crippen LogP contribution in [0.2, 0.25) is 0 Å². The molecule has 4 aromatic rings. The van der Waals surface area contributed by atoms with Crippen molar-refractivity contribution in [1.29, 1.82) is 0 Å². The number of carbonyl (C=O) groups excluding carboxylic acids is 3. The van der Waals surface area contributed by atoms with Gasteiger partial charge in [-0.25, -0.2) is 9.59 Å². The van der Waals surface area contributed by atoms with Crippen LogP contribution in [0.5, 0.6) is 0 Å². The summed E-state index contributed by atoms with van der Waals surface area (Å²) in [6.07, 6.45) is 0.777. The van der Waals surface area contributed by atoms with Gasteiger partial charge in [-0.3, -0.25) is 19.5 Å². The fraction of sp³-hybridized carbons (Fsp3) is 0.444. The molecular formula is C45H58N6O6. The lowest BCUT2D eigenvalue weighted by molar-refractivity contribution is -0.131. The lowest BCUT2D eigenvalue weighted by Crippen LogP contribution is -2.58. The zero-order valence-electron chi connectivity index (χ0n) is 34.0. The molecule has 304 valence electrons. The molecule has 1 saturated heterocycles. The quantitative estimate of drug-likeness (QED) is 0.101. The van der Waals surface area contributed by atoms with Gasteiger partial charge in [-0.05, 0) is 59.4 Å². The van der Waals surface area contributed by atoms with Crippen LogP contribution in [0, 0.1) is 11.3 Å². The number of aromatic nitrogens is 1. The largest absolute Gasteiger partial charge is 0.465 e. The first-order chi connectivity index (χ1) is 27.2. The van der Waals surface area contributed by atoms with Crippen LogP contribution in [-0.2, 0) is 29.0 Å². The molecule has 6 atom stereocenters. The van der Waals surface area contributed by atoms with Gasteiger partial charge in [0.05, 0.1) is 17.7 Å². The van der Waals surface area contributed by atoms with Gasteiger partial charge < -0.3 is 30.6 Å². The summed E-state index contributed by atoms with van der Waals surface area (Å²) < 4.78 is 0. The Balaban J connectivity index is 1.39. The second-order valence-corrected chi connectivity index (χ2v) is 16.4. The molecule has 57 heavy (non-hydrogen) atoms. The molecule has 1 aliphatic rings. The lowest BCUT2D eigenvalue weighted by Gasteiger charge is -2.37. The number of carbonyl (C=O) groups is 4. The van der Waals surface area contributed by atoms with Crippen LogP contribution in [0.1, 0.15) is 64.2 Å². The maximum atomic E-state index is 14.5. The van der Waals surface area contributed by atoms with Gasteiger partial charge in [0.1, 0.15) is 12.1 Å². The average molecular weight is 779 g/mol. The van der Waals surface area contributed by atoms with E-state index in [1.165, 1.54) is 7.05 Å². The van der Waals surface area contributed by atoms with Gasteiger partial charge in [-0.2, -0.15) is 0 Å². The van der Waals surface area contributed by atoms with Crippen molar-refractivity contribution in [1.82, 2.24) is 30.3 Å². The van der Waals surface area contributed by atoms with Crippen molar-refractivity contribution in [2.75, 3.05) is 20.1 Å². The highest BCUT2D eigenvalue weighted by atomic mass is 16.4. The van der Waals surface area contributed by atoms with Crippen LogP contribution < -0.4 is 10.6 Å². The van der Waals surface area contributed by atoms with Crippen molar-refractivity contribution in [3.8, 4) is 0 Å². The number of aliphatic hydroxyl groups excluding tert-OH is 1. The molecule has 4 N–H and O–H groups in total. The summed E-state index contributed by atoms with van der Waals surface area (Å²) in [5.74, 6) is -0.991. The summed E-state index contributed by atoms with van der Waals surface area (Å²) in [4.78, 5) is 63.5. The zero-order chi connectivity index (χ0) is 41.3. The lowest BCUT2D eigenvalue weighted by atomic mass is 9.84. The summed E-state index contributed by atoms with van der Waals surface area (Å²) in [5, 5.41) is 29.1. The SMILES string of the molecule is CCC(C)[C@@H](C(=O)N[C@@H](Cc1ccccc1)C[C@@H](O)[C@H](Cc1ccccc1)NC(=O)[C@@H](N(C)C(=O)O)C(C)(C)C)N1CCN(Cc2ccnc3ccccc23)C1=O. The molecule has 2 heterocycles. The minimum atomic E-state index is -1.24. The van der Waals surface area contributed by atoms with Gasteiger partial charge in [0.15, 0.2) is 0 Å². The summed E-state index contributed by atoms with van der Waals surface area (Å²) >= 11 is 0. The van der Waals surface area contributed by atoms with Gasteiger partial charge in [-0.15, -0.1) is 0 Å². The minimum absolute atomic E-state index is 0.0792. The number of carboxylic acid groups (broad SMARTS) is 1. The number of urea groups is 1. The van der Waals surface area contributed by atoms with E-state index in [1.807, 2.05) is 105 Å². The third-order valence-electron chi connectivity index (χ3n) is 11.1. The number of pyridine rings is 1. The van der Waals surface area contributed by atoms with Gasteiger partial charge in [0.25, 0.3) is 0 Å². The Labute approximate surface area is 336 Å². The van der Waals surface area contributed by atoms with E-state index < -0.39 is 47.7 Å². The number of hydrogen-bond acceptors (Lipinski definition) is 6. The summed E-state index contributed by atoms with van der Waals surface area (Å²) in [6.45, 7) is 10.6. The maximum absolute atomic E-state index is 14.5. The Morgan fingerprint density at radius 3 is 2.09 bits per heavy atom. The molecule has 12 nitrogen and oxygen atoms in total. The molecule has 0 spiro atoms. The highest BCUT2D eigenvalue weighted by Crippen LogP contribution is 2.27. The highest BCUT2D eigenvalue weighted by Gasteiger charge is 2.42. The number of amides is 5. The normalized spacial score (nSPS) is 16.4. The minimum Gasteiger partial charge on any atom is -0.465 e. The van der Waals surface area contributed by atoms with Gasteiger partial charge >= 0.3 is 12.1 Å². The van der Waals surface area contributed by atoms with Gasteiger partial charge in [0.2, 0.25) is 11.8 Å². The van der Waals surface area contributed by atoms with Crippen LogP contribution in [0.15, 0.2) is 97.2 Å². The molecule has 0 radical (unpaired) electrons. The smallest absolute Gasteiger partial charge is 0.407 e. The van der Waals surface area contributed by atoms with Crippen molar-refractivity contribution < 1.29 is 29.4 Å². The highest BCUT2D eigenvalue weighted by molar-refractivity contribution is 5.89. The summed E-state index contributed by atoms with van der Waals surface area (Å²) in [5.41, 5.74) is 2.91. The molecule has 12 heteroatoms. The number of nitrogens with one attached hydrogen (secondary N) is 2. The van der Waals surface area contributed by atoms with E-state index in [0.29, 0.717) is 32.5 Å². The molecule has 1 unspecified atom stereocenters. The van der Waals surface area contributed by atoms with Crippen molar-refractivity contribution in [3.63, 3.8) is 0 Å². The molecule has 5 amide bonds. The first-order valence-corrected chi connectivity index (χ1v) is 19.9. The number of rotatable bonds is 17. The molecule has 0 bridgehead atoms. The fourth-order valence-electron chi connectivity index (χ4n) is 7.94. The zero-order valence-corrected chi connectivity index (χ0v) is 34.0. The number of benzene rings is 3. The number of fused-ring (bicyclic) bond motifs is 1. The average Bonchev–Trinajstić information content (AvgIpc) is 3.53. The molecule has 5 rings (SSSR count). The Morgan fingerprint density at radius 2 is 1.47 bits per heavy atom. The van der Waals surface area contributed by atoms with Crippen molar-refractivity contribution in [2.24, 2.45) is 11.3 Å². The Bertz CT molecular complexity index is 1970. The third-order valence-corrected chi connectivity index (χ3v) is 11.1. The Kier molecular flexibility index (Phi) is 14.3. The van der Waals surface area contributed by atoms with Crippen LogP contribution in [0.25, 0.3) is 10.9 Å². The molecule has 1 aromatic heterocycles.